The van der Waals surface area contributed by atoms with E-state index in [4.69, 9.17) is 0 Å². The average molecular weight is 226 g/mol. The Bertz CT molecular complexity index is 323. The first-order valence-corrected chi connectivity index (χ1v) is 3.81. The van der Waals surface area contributed by atoms with Gasteiger partial charge in [0, 0.05) is 11.9 Å². The summed E-state index contributed by atoms with van der Waals surface area (Å²) in [6, 6.07) is 1.52. The SMILES string of the molecule is FC(F)(F)c1nccc([C@@H]2[CH-]C2)n1.[K+]. The van der Waals surface area contributed by atoms with Crippen LogP contribution >= 0.6 is 0 Å². The zero-order valence-electron chi connectivity index (χ0n) is 7.54. The van der Waals surface area contributed by atoms with Crippen molar-refractivity contribution in [1.82, 2.24) is 9.97 Å². The van der Waals surface area contributed by atoms with Gasteiger partial charge in [-0.1, -0.05) is 0 Å². The number of hydrogen-bond acceptors (Lipinski definition) is 2. The molecule has 2 rings (SSSR count). The first-order chi connectivity index (χ1) is 6.07. The number of aromatic nitrogens is 2. The Morgan fingerprint density at radius 1 is 1.43 bits per heavy atom. The molecule has 1 aromatic rings. The van der Waals surface area contributed by atoms with E-state index in [9.17, 15) is 13.2 Å². The minimum atomic E-state index is -4.44. The molecule has 1 aliphatic rings. The van der Waals surface area contributed by atoms with Crippen molar-refractivity contribution >= 4 is 0 Å². The van der Waals surface area contributed by atoms with Gasteiger partial charge in [-0.15, -0.1) is 0 Å². The van der Waals surface area contributed by atoms with Gasteiger partial charge >= 0.3 is 57.6 Å². The molecule has 0 unspecified atom stereocenters. The normalized spacial score (nSPS) is 20.1. The summed E-state index contributed by atoms with van der Waals surface area (Å²) in [4.78, 5) is 6.61. The van der Waals surface area contributed by atoms with Crippen LogP contribution in [0.25, 0.3) is 0 Å². The fourth-order valence-electron chi connectivity index (χ4n) is 1.03. The zero-order chi connectivity index (χ0) is 9.47. The Balaban J connectivity index is 0.000000980. The van der Waals surface area contributed by atoms with Gasteiger partial charge in [0.2, 0.25) is 5.82 Å². The van der Waals surface area contributed by atoms with Crippen LogP contribution in [0.1, 0.15) is 23.9 Å². The van der Waals surface area contributed by atoms with Gasteiger partial charge in [-0.2, -0.15) is 25.5 Å². The minimum Gasteiger partial charge on any atom is -0.324 e. The quantitative estimate of drug-likeness (QED) is 0.462. The van der Waals surface area contributed by atoms with Gasteiger partial charge in [-0.3, -0.25) is 0 Å². The van der Waals surface area contributed by atoms with E-state index in [0.717, 1.165) is 12.6 Å². The molecule has 0 aliphatic heterocycles. The van der Waals surface area contributed by atoms with Crippen LogP contribution in [-0.4, -0.2) is 9.97 Å². The number of rotatable bonds is 1. The van der Waals surface area contributed by atoms with Crippen LogP contribution in [0.15, 0.2) is 12.3 Å². The summed E-state index contributed by atoms with van der Waals surface area (Å²) >= 11 is 0. The third-order valence-electron chi connectivity index (χ3n) is 1.78. The maximum absolute atomic E-state index is 12.1. The van der Waals surface area contributed by atoms with Crippen molar-refractivity contribution < 1.29 is 64.6 Å². The third kappa shape index (κ3) is 3.00. The summed E-state index contributed by atoms with van der Waals surface area (Å²) in [5.41, 5.74) is 0.460. The van der Waals surface area contributed by atoms with Crippen LogP contribution in [-0.2, 0) is 6.18 Å². The Kier molecular flexibility index (Phi) is 4.10. The second-order valence-corrected chi connectivity index (χ2v) is 2.88. The third-order valence-corrected chi connectivity index (χ3v) is 1.78. The van der Waals surface area contributed by atoms with Crippen molar-refractivity contribution in [2.45, 2.75) is 18.5 Å². The van der Waals surface area contributed by atoms with E-state index in [1.165, 1.54) is 6.07 Å². The molecule has 14 heavy (non-hydrogen) atoms. The van der Waals surface area contributed by atoms with E-state index in [0.29, 0.717) is 5.69 Å². The Labute approximate surface area is 122 Å². The number of alkyl halides is 3. The molecule has 0 aromatic carbocycles. The van der Waals surface area contributed by atoms with Gasteiger partial charge in [0.15, 0.2) is 0 Å². The van der Waals surface area contributed by atoms with Crippen LogP contribution in [0.5, 0.6) is 0 Å². The van der Waals surface area contributed by atoms with Gasteiger partial charge in [0.05, 0.1) is 0 Å². The predicted octanol–water partition coefficient (Wildman–Crippen LogP) is -0.809. The smallest absolute Gasteiger partial charge is 0.324 e. The van der Waals surface area contributed by atoms with Gasteiger partial charge in [-0.05, 0) is 6.07 Å². The molecular weight excluding hydrogens is 220 g/mol. The van der Waals surface area contributed by atoms with Crippen LogP contribution in [0.4, 0.5) is 13.2 Å². The van der Waals surface area contributed by atoms with E-state index in [2.05, 4.69) is 9.97 Å². The fourth-order valence-corrected chi connectivity index (χ4v) is 1.03. The van der Waals surface area contributed by atoms with E-state index >= 15 is 0 Å². The molecule has 1 aromatic heterocycles. The minimum absolute atomic E-state index is 0. The van der Waals surface area contributed by atoms with E-state index in [-0.39, 0.29) is 57.3 Å². The van der Waals surface area contributed by atoms with Crippen LogP contribution in [0, 0.1) is 6.42 Å². The summed E-state index contributed by atoms with van der Waals surface area (Å²) < 4.78 is 36.3. The second kappa shape index (κ2) is 4.57. The number of hydrogen-bond donors (Lipinski definition) is 0. The predicted molar refractivity (Wildman–Crippen MR) is 38.7 cm³/mol. The van der Waals surface area contributed by atoms with Crippen molar-refractivity contribution in [2.75, 3.05) is 0 Å². The molecule has 0 bridgehead atoms. The molecule has 1 fully saturated rings. The molecule has 0 radical (unpaired) electrons. The van der Waals surface area contributed by atoms with Crippen LogP contribution in [0.3, 0.4) is 0 Å². The van der Waals surface area contributed by atoms with E-state index in [1.807, 2.05) is 6.42 Å². The Morgan fingerprint density at radius 3 is 2.57 bits per heavy atom. The molecule has 1 heterocycles. The molecule has 6 heteroatoms. The topological polar surface area (TPSA) is 25.8 Å². The summed E-state index contributed by atoms with van der Waals surface area (Å²) in [5, 5.41) is 0. The first-order valence-electron chi connectivity index (χ1n) is 3.81. The fraction of sp³-hybridized carbons (Fsp3) is 0.375. The molecule has 0 saturated heterocycles. The van der Waals surface area contributed by atoms with E-state index in [1.54, 1.807) is 0 Å². The van der Waals surface area contributed by atoms with Gasteiger partial charge in [-0.25, -0.2) is 9.97 Å². The molecule has 0 amide bonds. The molecule has 0 N–H and O–H groups in total. The maximum Gasteiger partial charge on any atom is 1.00 e. The van der Waals surface area contributed by atoms with Crippen molar-refractivity contribution in [3.63, 3.8) is 0 Å². The Morgan fingerprint density at radius 2 is 2.07 bits per heavy atom. The van der Waals surface area contributed by atoms with Gasteiger partial charge in [0.1, 0.15) is 0 Å². The van der Waals surface area contributed by atoms with Crippen molar-refractivity contribution in [3.8, 4) is 0 Å². The van der Waals surface area contributed by atoms with Crippen molar-refractivity contribution in [2.24, 2.45) is 0 Å². The number of nitrogens with zero attached hydrogens (tertiary/aromatic N) is 2. The summed E-state index contributed by atoms with van der Waals surface area (Å²) in [7, 11) is 0. The average Bonchev–Trinajstić information content (AvgIpc) is 2.85. The summed E-state index contributed by atoms with van der Waals surface area (Å²) in [6.45, 7) is 0. The number of halogens is 3. The molecule has 1 saturated carbocycles. The second-order valence-electron chi connectivity index (χ2n) is 2.88. The molecule has 1 aliphatic carbocycles. The monoisotopic (exact) mass is 226 g/mol. The van der Waals surface area contributed by atoms with Crippen LogP contribution in [0.2, 0.25) is 0 Å². The largest absolute Gasteiger partial charge is 1.00 e. The van der Waals surface area contributed by atoms with Gasteiger partial charge in [0.25, 0.3) is 0 Å². The van der Waals surface area contributed by atoms with Crippen molar-refractivity contribution in [3.05, 3.63) is 30.2 Å². The molecule has 70 valence electrons. The molecular formula is C8H6F3KN2. The summed E-state index contributed by atoms with van der Waals surface area (Å²) in [6.07, 6.45) is -0.570. The molecule has 0 spiro atoms. The standard InChI is InChI=1S/C8H6F3N2.K/c9-8(10,11)7-12-4-3-6(13-7)5-1-2-5;/h1,3-5H,2H2;/q-1;+1/t5-;/m1./s1. The zero-order valence-corrected chi connectivity index (χ0v) is 10.7. The van der Waals surface area contributed by atoms with E-state index < -0.39 is 12.0 Å². The first kappa shape index (κ1) is 12.6. The molecule has 1 atom stereocenters. The summed E-state index contributed by atoms with van der Waals surface area (Å²) in [5.74, 6) is -0.950. The van der Waals surface area contributed by atoms with Gasteiger partial charge < -0.3 is 6.42 Å². The molecule has 2 nitrogen and oxygen atoms in total. The maximum atomic E-state index is 12.1. The van der Waals surface area contributed by atoms with Crippen molar-refractivity contribution in [1.29, 1.82) is 0 Å². The van der Waals surface area contributed by atoms with Crippen LogP contribution < -0.4 is 51.4 Å². The Hall–Kier alpha value is 0.506.